The van der Waals surface area contributed by atoms with Gasteiger partial charge in [-0.2, -0.15) is 0 Å². The Balaban J connectivity index is 1.50. The van der Waals surface area contributed by atoms with Crippen molar-refractivity contribution >= 4 is 27.7 Å². The number of hydrogen-bond acceptors (Lipinski definition) is 2. The molecular weight excluding hydrogens is 336 g/mol. The molecule has 0 spiro atoms. The van der Waals surface area contributed by atoms with Crippen molar-refractivity contribution in [1.82, 2.24) is 9.88 Å². The summed E-state index contributed by atoms with van der Waals surface area (Å²) >= 11 is 0. The van der Waals surface area contributed by atoms with Gasteiger partial charge in [0, 0.05) is 35.9 Å². The number of ether oxygens (including phenoxy) is 1. The predicted octanol–water partition coefficient (Wildman–Crippen LogP) is 4.42. The number of nitrogens with one attached hydrogen (secondary N) is 1. The topological polar surface area (TPSA) is 43.3 Å². The molecule has 3 aromatic carbocycles. The van der Waals surface area contributed by atoms with Crippen molar-refractivity contribution < 1.29 is 9.53 Å². The SMILES string of the molecule is CC(Oc1ccc2c3ccccc3n(C)c2c1)C(=O)NCc1ccccc1. The molecule has 4 aromatic rings. The van der Waals surface area contributed by atoms with E-state index in [0.717, 1.165) is 11.1 Å². The van der Waals surface area contributed by atoms with E-state index in [0.29, 0.717) is 12.3 Å². The molecule has 1 unspecified atom stereocenters. The molecule has 4 heteroatoms. The predicted molar refractivity (Wildman–Crippen MR) is 109 cm³/mol. The van der Waals surface area contributed by atoms with Crippen LogP contribution in [0.3, 0.4) is 0 Å². The van der Waals surface area contributed by atoms with Crippen LogP contribution in [0.5, 0.6) is 5.75 Å². The van der Waals surface area contributed by atoms with Gasteiger partial charge in [0.1, 0.15) is 5.75 Å². The first kappa shape index (κ1) is 17.2. The third-order valence-corrected chi connectivity index (χ3v) is 4.88. The molecule has 1 amide bonds. The number of fused-ring (bicyclic) bond motifs is 3. The number of carbonyl (C=O) groups is 1. The van der Waals surface area contributed by atoms with E-state index < -0.39 is 6.10 Å². The van der Waals surface area contributed by atoms with Gasteiger partial charge < -0.3 is 14.6 Å². The summed E-state index contributed by atoms with van der Waals surface area (Å²) < 4.78 is 8.05. The largest absolute Gasteiger partial charge is 0.481 e. The van der Waals surface area contributed by atoms with Crippen LogP contribution in [-0.2, 0) is 18.4 Å². The van der Waals surface area contributed by atoms with Crippen LogP contribution in [0.15, 0.2) is 72.8 Å². The first-order chi connectivity index (χ1) is 13.1. The molecule has 0 aliphatic rings. The van der Waals surface area contributed by atoms with Crippen molar-refractivity contribution in [3.05, 3.63) is 78.4 Å². The molecule has 0 bridgehead atoms. The van der Waals surface area contributed by atoms with Gasteiger partial charge in [0.15, 0.2) is 6.10 Å². The molecule has 1 heterocycles. The van der Waals surface area contributed by atoms with Crippen molar-refractivity contribution in [2.24, 2.45) is 7.05 Å². The molecule has 4 nitrogen and oxygen atoms in total. The Hall–Kier alpha value is -3.27. The fourth-order valence-corrected chi connectivity index (χ4v) is 3.40. The number of aryl methyl sites for hydroxylation is 1. The van der Waals surface area contributed by atoms with Gasteiger partial charge in [0.05, 0.1) is 5.52 Å². The summed E-state index contributed by atoms with van der Waals surface area (Å²) in [4.78, 5) is 12.4. The standard InChI is InChI=1S/C23H22N2O2/c1-16(23(26)24-15-17-8-4-3-5-9-17)27-18-12-13-20-19-10-6-7-11-21(19)25(2)22(20)14-18/h3-14,16H,15H2,1-2H3,(H,24,26). The van der Waals surface area contributed by atoms with Crippen LogP contribution in [0.1, 0.15) is 12.5 Å². The lowest BCUT2D eigenvalue weighted by atomic mass is 10.1. The quantitative estimate of drug-likeness (QED) is 0.574. The molecule has 0 aliphatic heterocycles. The molecule has 4 rings (SSSR count). The van der Waals surface area contributed by atoms with Gasteiger partial charge in [-0.15, -0.1) is 0 Å². The molecule has 0 saturated carbocycles. The highest BCUT2D eigenvalue weighted by Gasteiger charge is 2.15. The lowest BCUT2D eigenvalue weighted by molar-refractivity contribution is -0.127. The fourth-order valence-electron chi connectivity index (χ4n) is 3.40. The van der Waals surface area contributed by atoms with Crippen molar-refractivity contribution in [3.8, 4) is 5.75 Å². The zero-order valence-electron chi connectivity index (χ0n) is 15.5. The second kappa shape index (κ2) is 7.16. The number of benzene rings is 3. The maximum absolute atomic E-state index is 12.4. The monoisotopic (exact) mass is 358 g/mol. The van der Waals surface area contributed by atoms with E-state index in [1.54, 1.807) is 6.92 Å². The minimum absolute atomic E-state index is 0.129. The number of aromatic nitrogens is 1. The van der Waals surface area contributed by atoms with Crippen molar-refractivity contribution in [2.75, 3.05) is 0 Å². The van der Waals surface area contributed by atoms with Crippen LogP contribution in [0.4, 0.5) is 0 Å². The summed E-state index contributed by atoms with van der Waals surface area (Å²) in [6.45, 7) is 2.27. The maximum atomic E-state index is 12.4. The molecule has 0 radical (unpaired) electrons. The fraction of sp³-hybridized carbons (Fsp3) is 0.174. The smallest absolute Gasteiger partial charge is 0.261 e. The molecule has 1 atom stereocenters. The van der Waals surface area contributed by atoms with E-state index in [9.17, 15) is 4.79 Å². The highest BCUT2D eigenvalue weighted by Crippen LogP contribution is 2.30. The second-order valence-corrected chi connectivity index (χ2v) is 6.72. The van der Waals surface area contributed by atoms with Crippen molar-refractivity contribution in [1.29, 1.82) is 0 Å². The molecule has 1 N–H and O–H groups in total. The lowest BCUT2D eigenvalue weighted by Gasteiger charge is -2.15. The van der Waals surface area contributed by atoms with E-state index in [-0.39, 0.29) is 5.91 Å². The maximum Gasteiger partial charge on any atom is 0.261 e. The Labute approximate surface area is 158 Å². The average Bonchev–Trinajstić information content (AvgIpc) is 2.99. The highest BCUT2D eigenvalue weighted by atomic mass is 16.5. The Morgan fingerprint density at radius 1 is 0.963 bits per heavy atom. The molecule has 27 heavy (non-hydrogen) atoms. The Morgan fingerprint density at radius 2 is 1.67 bits per heavy atom. The van der Waals surface area contributed by atoms with Crippen LogP contribution in [-0.4, -0.2) is 16.6 Å². The Morgan fingerprint density at radius 3 is 2.48 bits per heavy atom. The van der Waals surface area contributed by atoms with E-state index in [1.807, 2.05) is 61.6 Å². The summed E-state index contributed by atoms with van der Waals surface area (Å²) in [5, 5.41) is 5.32. The van der Waals surface area contributed by atoms with Crippen molar-refractivity contribution in [3.63, 3.8) is 0 Å². The zero-order chi connectivity index (χ0) is 18.8. The van der Waals surface area contributed by atoms with E-state index in [4.69, 9.17) is 4.74 Å². The number of carbonyl (C=O) groups excluding carboxylic acids is 1. The van der Waals surface area contributed by atoms with Gasteiger partial charge in [-0.1, -0.05) is 48.5 Å². The summed E-state index contributed by atoms with van der Waals surface area (Å²) in [5.41, 5.74) is 3.33. The van der Waals surface area contributed by atoms with Gasteiger partial charge in [-0.3, -0.25) is 4.79 Å². The average molecular weight is 358 g/mol. The van der Waals surface area contributed by atoms with Crippen LogP contribution >= 0.6 is 0 Å². The van der Waals surface area contributed by atoms with Crippen LogP contribution < -0.4 is 10.1 Å². The van der Waals surface area contributed by atoms with Gasteiger partial charge in [-0.05, 0) is 30.7 Å². The van der Waals surface area contributed by atoms with Gasteiger partial charge >= 0.3 is 0 Å². The van der Waals surface area contributed by atoms with Gasteiger partial charge in [0.2, 0.25) is 0 Å². The number of hydrogen-bond donors (Lipinski definition) is 1. The molecule has 0 fully saturated rings. The zero-order valence-corrected chi connectivity index (χ0v) is 15.5. The number of nitrogens with zero attached hydrogens (tertiary/aromatic N) is 1. The minimum Gasteiger partial charge on any atom is -0.481 e. The van der Waals surface area contributed by atoms with Gasteiger partial charge in [0.25, 0.3) is 5.91 Å². The highest BCUT2D eigenvalue weighted by molar-refractivity contribution is 6.08. The van der Waals surface area contributed by atoms with E-state index in [2.05, 4.69) is 28.1 Å². The summed E-state index contributed by atoms with van der Waals surface area (Å²) in [7, 11) is 2.05. The number of amides is 1. The summed E-state index contributed by atoms with van der Waals surface area (Å²) in [6.07, 6.45) is -0.569. The van der Waals surface area contributed by atoms with Crippen LogP contribution in [0.2, 0.25) is 0 Å². The minimum atomic E-state index is -0.569. The molecule has 136 valence electrons. The Kier molecular flexibility index (Phi) is 4.55. The van der Waals surface area contributed by atoms with Crippen molar-refractivity contribution in [2.45, 2.75) is 19.6 Å². The van der Waals surface area contributed by atoms with Gasteiger partial charge in [-0.25, -0.2) is 0 Å². The number of para-hydroxylation sites is 1. The number of rotatable bonds is 5. The lowest BCUT2D eigenvalue weighted by Crippen LogP contribution is -2.35. The summed E-state index contributed by atoms with van der Waals surface area (Å²) in [5.74, 6) is 0.562. The Bertz CT molecular complexity index is 1100. The van der Waals surface area contributed by atoms with E-state index >= 15 is 0 Å². The van der Waals surface area contributed by atoms with Crippen LogP contribution in [0.25, 0.3) is 21.8 Å². The molecular formula is C23H22N2O2. The van der Waals surface area contributed by atoms with E-state index in [1.165, 1.54) is 16.3 Å². The summed E-state index contributed by atoms with van der Waals surface area (Å²) in [6, 6.07) is 24.1. The normalized spacial score (nSPS) is 12.2. The third-order valence-electron chi connectivity index (χ3n) is 4.88. The van der Waals surface area contributed by atoms with Crippen LogP contribution in [0, 0.1) is 0 Å². The third kappa shape index (κ3) is 3.38. The first-order valence-electron chi connectivity index (χ1n) is 9.09. The second-order valence-electron chi connectivity index (χ2n) is 6.72. The molecule has 0 saturated heterocycles. The first-order valence-corrected chi connectivity index (χ1v) is 9.09. The molecule has 0 aliphatic carbocycles. The molecule has 1 aromatic heterocycles.